The fraction of sp³-hybridized carbons (Fsp3) is 0.667. The van der Waals surface area contributed by atoms with Gasteiger partial charge in [0.15, 0.2) is 5.96 Å². The number of guanidine groups is 1. The van der Waals surface area contributed by atoms with Crippen LogP contribution < -0.4 is 16.0 Å². The molecule has 3 N–H and O–H groups in total. The number of amides is 3. The Kier molecular flexibility index (Phi) is 7.78. The maximum atomic E-state index is 12.0. The summed E-state index contributed by atoms with van der Waals surface area (Å²) in [5.74, 6) is 0.675. The summed E-state index contributed by atoms with van der Waals surface area (Å²) in [6.45, 7) is 10.1. The van der Waals surface area contributed by atoms with Crippen molar-refractivity contribution in [1.82, 2.24) is 20.9 Å². The van der Waals surface area contributed by atoms with Gasteiger partial charge in [-0.15, -0.1) is 24.0 Å². The zero-order valence-electron chi connectivity index (χ0n) is 14.0. The number of rotatable bonds is 4. The van der Waals surface area contributed by atoms with Crippen LogP contribution in [0.1, 0.15) is 26.7 Å². The van der Waals surface area contributed by atoms with Gasteiger partial charge in [-0.05, 0) is 32.6 Å². The lowest BCUT2D eigenvalue weighted by Crippen LogP contribution is -2.55. The Morgan fingerprint density at radius 1 is 1.46 bits per heavy atom. The third-order valence-corrected chi connectivity index (χ3v) is 4.54. The van der Waals surface area contributed by atoms with E-state index in [-0.39, 0.29) is 35.8 Å². The van der Waals surface area contributed by atoms with Crippen LogP contribution in [0.15, 0.2) is 16.6 Å². The van der Waals surface area contributed by atoms with Crippen molar-refractivity contribution >= 4 is 53.5 Å². The number of piperidine rings is 1. The van der Waals surface area contributed by atoms with E-state index in [1.165, 1.54) is 0 Å². The molecule has 0 saturated carbocycles. The summed E-state index contributed by atoms with van der Waals surface area (Å²) in [5.41, 5.74) is -0.816. The number of hydrogen-bond acceptors (Lipinski definition) is 3. The number of hydrogen-bond donors (Lipinski definition) is 3. The molecule has 0 aliphatic carbocycles. The van der Waals surface area contributed by atoms with Gasteiger partial charge in [-0.1, -0.05) is 18.2 Å². The fourth-order valence-electron chi connectivity index (χ4n) is 3.10. The second kappa shape index (κ2) is 8.89. The third kappa shape index (κ3) is 4.75. The van der Waals surface area contributed by atoms with E-state index in [1.54, 1.807) is 6.92 Å². The van der Waals surface area contributed by atoms with Crippen LogP contribution >= 0.6 is 35.6 Å². The minimum Gasteiger partial charge on any atom is -0.357 e. The molecule has 2 heterocycles. The SMILES string of the molecule is C=C(Cl)CN=C(NCC)N1CCC(C2(C)NC(=O)NC2=O)CC1.I. The van der Waals surface area contributed by atoms with Crippen molar-refractivity contribution in [2.24, 2.45) is 10.9 Å². The average Bonchev–Trinajstić information content (AvgIpc) is 2.77. The summed E-state index contributed by atoms with van der Waals surface area (Å²) < 4.78 is 0. The summed E-state index contributed by atoms with van der Waals surface area (Å²) in [5, 5.41) is 8.83. The second-order valence-corrected chi connectivity index (χ2v) is 6.59. The molecule has 2 aliphatic heterocycles. The second-order valence-electron chi connectivity index (χ2n) is 6.06. The number of aliphatic imine (C=N–C) groups is 1. The highest BCUT2D eigenvalue weighted by molar-refractivity contribution is 14.0. The largest absolute Gasteiger partial charge is 0.357 e. The maximum Gasteiger partial charge on any atom is 0.322 e. The van der Waals surface area contributed by atoms with E-state index in [0.29, 0.717) is 11.6 Å². The molecular formula is C15H25ClIN5O2. The standard InChI is InChI=1S/C15H24ClN5O2.HI/c1-4-17-13(18-9-10(2)16)21-7-5-11(6-8-21)15(3)12(22)19-14(23)20-15;/h11H,2,4-9H2,1,3H3,(H,17,18)(H2,19,20,22,23);1H. The van der Waals surface area contributed by atoms with Gasteiger partial charge in [-0.25, -0.2) is 9.79 Å². The third-order valence-electron chi connectivity index (χ3n) is 4.42. The quantitative estimate of drug-likeness (QED) is 0.253. The first-order valence-electron chi connectivity index (χ1n) is 7.87. The molecule has 7 nitrogen and oxygen atoms in total. The van der Waals surface area contributed by atoms with Crippen molar-refractivity contribution in [1.29, 1.82) is 0 Å². The molecule has 1 unspecified atom stereocenters. The van der Waals surface area contributed by atoms with E-state index in [4.69, 9.17) is 11.6 Å². The summed E-state index contributed by atoms with van der Waals surface area (Å²) in [4.78, 5) is 30.1. The van der Waals surface area contributed by atoms with Gasteiger partial charge in [0.1, 0.15) is 5.54 Å². The van der Waals surface area contributed by atoms with Crippen LogP contribution in [0, 0.1) is 5.92 Å². The topological polar surface area (TPSA) is 85.8 Å². The van der Waals surface area contributed by atoms with Crippen molar-refractivity contribution in [3.8, 4) is 0 Å². The predicted octanol–water partition coefficient (Wildman–Crippen LogP) is 1.63. The highest BCUT2D eigenvalue weighted by atomic mass is 127. The molecule has 2 rings (SSSR count). The highest BCUT2D eigenvalue weighted by Crippen LogP contribution is 2.30. The number of halogens is 2. The molecule has 2 saturated heterocycles. The van der Waals surface area contributed by atoms with E-state index >= 15 is 0 Å². The summed E-state index contributed by atoms with van der Waals surface area (Å²) >= 11 is 5.79. The first-order valence-corrected chi connectivity index (χ1v) is 8.24. The van der Waals surface area contributed by atoms with Gasteiger partial charge in [0.05, 0.1) is 6.54 Å². The normalized spacial score (nSPS) is 25.0. The van der Waals surface area contributed by atoms with E-state index in [0.717, 1.165) is 38.4 Å². The molecule has 9 heteroatoms. The number of likely N-dealkylation sites (tertiary alicyclic amines) is 1. The first kappa shape index (κ1) is 21.0. The Labute approximate surface area is 164 Å². The zero-order valence-corrected chi connectivity index (χ0v) is 17.1. The van der Waals surface area contributed by atoms with Crippen LogP contribution in [-0.4, -0.2) is 54.5 Å². The van der Waals surface area contributed by atoms with E-state index in [2.05, 4.69) is 32.4 Å². The summed E-state index contributed by atoms with van der Waals surface area (Å²) in [6, 6.07) is -0.407. The Bertz CT molecular complexity index is 534. The van der Waals surface area contributed by atoms with Crippen molar-refractivity contribution in [3.63, 3.8) is 0 Å². The number of nitrogens with one attached hydrogen (secondary N) is 3. The predicted molar refractivity (Wildman–Crippen MR) is 106 cm³/mol. The van der Waals surface area contributed by atoms with Gasteiger partial charge in [-0.2, -0.15) is 0 Å². The number of nitrogens with zero attached hydrogens (tertiary/aromatic N) is 2. The molecular weight excluding hydrogens is 445 g/mol. The molecule has 2 aliphatic rings. The molecule has 0 aromatic carbocycles. The smallest absolute Gasteiger partial charge is 0.322 e. The van der Waals surface area contributed by atoms with Crippen molar-refractivity contribution in [3.05, 3.63) is 11.6 Å². The number of carbonyl (C=O) groups is 2. The minimum absolute atomic E-state index is 0. The molecule has 0 radical (unpaired) electrons. The fourth-order valence-corrected chi connectivity index (χ4v) is 3.16. The molecule has 0 spiro atoms. The van der Waals surface area contributed by atoms with Crippen LogP contribution in [0.25, 0.3) is 0 Å². The van der Waals surface area contributed by atoms with Gasteiger partial charge in [0, 0.05) is 24.7 Å². The number of imide groups is 1. The van der Waals surface area contributed by atoms with Crippen molar-refractivity contribution < 1.29 is 9.59 Å². The van der Waals surface area contributed by atoms with Gasteiger partial charge < -0.3 is 15.5 Å². The van der Waals surface area contributed by atoms with Gasteiger partial charge in [0.2, 0.25) is 0 Å². The number of carbonyl (C=O) groups excluding carboxylic acids is 2. The molecule has 0 bridgehead atoms. The van der Waals surface area contributed by atoms with Crippen LogP contribution in [0.2, 0.25) is 0 Å². The molecule has 0 aromatic rings. The van der Waals surface area contributed by atoms with Crippen molar-refractivity contribution in [2.75, 3.05) is 26.2 Å². The zero-order chi connectivity index (χ0) is 17.0. The molecule has 3 amide bonds. The maximum absolute atomic E-state index is 12.0. The van der Waals surface area contributed by atoms with E-state index in [1.807, 2.05) is 6.92 Å². The first-order chi connectivity index (χ1) is 10.9. The monoisotopic (exact) mass is 469 g/mol. The van der Waals surface area contributed by atoms with Gasteiger partial charge >= 0.3 is 6.03 Å². The Morgan fingerprint density at radius 3 is 2.54 bits per heavy atom. The summed E-state index contributed by atoms with van der Waals surface area (Å²) in [7, 11) is 0. The van der Waals surface area contributed by atoms with Crippen LogP contribution in [0.5, 0.6) is 0 Å². The molecule has 2 fully saturated rings. The van der Waals surface area contributed by atoms with Gasteiger partial charge in [-0.3, -0.25) is 10.1 Å². The average molecular weight is 470 g/mol. The lowest BCUT2D eigenvalue weighted by atomic mass is 9.79. The van der Waals surface area contributed by atoms with E-state index in [9.17, 15) is 9.59 Å². The molecule has 1 atom stereocenters. The van der Waals surface area contributed by atoms with Gasteiger partial charge in [0.25, 0.3) is 5.91 Å². The summed E-state index contributed by atoms with van der Waals surface area (Å²) in [6.07, 6.45) is 1.60. The van der Waals surface area contributed by atoms with Crippen LogP contribution in [0.4, 0.5) is 4.79 Å². The van der Waals surface area contributed by atoms with E-state index < -0.39 is 11.6 Å². The highest BCUT2D eigenvalue weighted by Gasteiger charge is 2.48. The Balaban J connectivity index is 0.00000288. The Morgan fingerprint density at radius 2 is 2.08 bits per heavy atom. The molecule has 0 aromatic heterocycles. The molecule has 24 heavy (non-hydrogen) atoms. The lowest BCUT2D eigenvalue weighted by Gasteiger charge is -2.39. The number of urea groups is 1. The minimum atomic E-state index is -0.816. The lowest BCUT2D eigenvalue weighted by molar-refractivity contribution is -0.125. The van der Waals surface area contributed by atoms with Crippen LogP contribution in [0.3, 0.4) is 0 Å². The molecule has 136 valence electrons. The van der Waals surface area contributed by atoms with Crippen molar-refractivity contribution in [2.45, 2.75) is 32.2 Å². The Hall–Kier alpha value is -1.03. The van der Waals surface area contributed by atoms with Crippen LogP contribution in [-0.2, 0) is 4.79 Å².